The van der Waals surface area contributed by atoms with Gasteiger partial charge in [-0.2, -0.15) is 13.2 Å². The molecule has 20 heavy (non-hydrogen) atoms. The molecule has 0 radical (unpaired) electrons. The lowest BCUT2D eigenvalue weighted by molar-refractivity contribution is -0.137. The summed E-state index contributed by atoms with van der Waals surface area (Å²) in [5.41, 5.74) is 5.61. The second kappa shape index (κ2) is 7.33. The Morgan fingerprint density at radius 2 is 2.00 bits per heavy atom. The molecule has 0 saturated carbocycles. The van der Waals surface area contributed by atoms with Crippen molar-refractivity contribution < 1.29 is 22.2 Å². The van der Waals surface area contributed by atoms with E-state index in [1.807, 2.05) is 0 Å². The van der Waals surface area contributed by atoms with Crippen LogP contribution in [-0.2, 0) is 33.5 Å². The van der Waals surface area contributed by atoms with Gasteiger partial charge < -0.3 is 9.05 Å². The van der Waals surface area contributed by atoms with Gasteiger partial charge in [-0.3, -0.25) is 5.50 Å². The Bertz CT molecular complexity index is 513. The van der Waals surface area contributed by atoms with E-state index in [-0.39, 0.29) is 6.61 Å². The zero-order chi connectivity index (χ0) is 15.4. The van der Waals surface area contributed by atoms with Gasteiger partial charge in [-0.05, 0) is 42.8 Å². The fourth-order valence-corrected chi connectivity index (χ4v) is 3.32. The van der Waals surface area contributed by atoms with Gasteiger partial charge in [-0.15, -0.1) is 0 Å². The van der Waals surface area contributed by atoms with Gasteiger partial charge >= 0.3 is 6.18 Å². The van der Waals surface area contributed by atoms with Crippen LogP contribution in [0, 0.1) is 0 Å². The zero-order valence-corrected chi connectivity index (χ0v) is 13.9. The van der Waals surface area contributed by atoms with Crippen molar-refractivity contribution in [3.8, 4) is 0 Å². The molecule has 1 unspecified atom stereocenters. The molecule has 0 bridgehead atoms. The number of hydrogen-bond donors (Lipinski definition) is 1. The van der Waals surface area contributed by atoms with Crippen molar-refractivity contribution in [1.82, 2.24) is 0 Å². The number of hydrogen-bond acceptors (Lipinski definition) is 3. The average molecular weight is 392 g/mol. The molecule has 0 aliphatic carbocycles. The molecule has 0 spiro atoms. The zero-order valence-electron chi connectivity index (χ0n) is 10.6. The summed E-state index contributed by atoms with van der Waals surface area (Å²) < 4.78 is 48.2. The van der Waals surface area contributed by atoms with Crippen molar-refractivity contribution >= 4 is 34.4 Å². The molecule has 2 N–H and O–H groups in total. The van der Waals surface area contributed by atoms with Gasteiger partial charge in [0.15, 0.2) is 0 Å². The molecule has 0 aliphatic rings. The summed E-state index contributed by atoms with van der Waals surface area (Å²) in [6.07, 6.45) is -3.97. The molecule has 0 fully saturated rings. The highest BCUT2D eigenvalue weighted by atomic mass is 79.9. The van der Waals surface area contributed by atoms with E-state index >= 15 is 0 Å². The van der Waals surface area contributed by atoms with Crippen molar-refractivity contribution in [2.24, 2.45) is 5.50 Å². The molecule has 9 heteroatoms. The smallest absolute Gasteiger partial charge is 0.318 e. The van der Waals surface area contributed by atoms with E-state index in [1.54, 1.807) is 6.92 Å². The summed E-state index contributed by atoms with van der Waals surface area (Å²) in [5.74, 6) is 0. The number of alkyl halides is 3. The van der Waals surface area contributed by atoms with Crippen molar-refractivity contribution in [3.05, 3.63) is 33.8 Å². The lowest BCUT2D eigenvalue weighted by Gasteiger charge is -2.16. The van der Waals surface area contributed by atoms with E-state index in [9.17, 15) is 13.2 Å². The van der Waals surface area contributed by atoms with E-state index in [0.717, 1.165) is 12.1 Å². The van der Waals surface area contributed by atoms with E-state index < -0.39 is 18.4 Å². The van der Waals surface area contributed by atoms with Crippen molar-refractivity contribution in [2.75, 3.05) is 13.2 Å². The Morgan fingerprint density at radius 3 is 2.50 bits per heavy atom. The molecule has 0 aromatic heterocycles. The molecule has 0 aliphatic heterocycles. The molecule has 3 nitrogen and oxygen atoms in total. The summed E-state index contributed by atoms with van der Waals surface area (Å²) in [6.45, 7) is -0.438. The Kier molecular flexibility index (Phi) is 6.63. The van der Waals surface area contributed by atoms with Crippen LogP contribution in [0.2, 0.25) is 0 Å². The lowest BCUT2D eigenvalue weighted by Crippen LogP contribution is -2.08. The van der Waals surface area contributed by atoms with Crippen LogP contribution in [-0.4, -0.2) is 13.2 Å². The molecule has 114 valence electrons. The first-order valence-electron chi connectivity index (χ1n) is 5.69. The minimum atomic E-state index is -4.36. The second-order valence-electron chi connectivity index (χ2n) is 3.84. The van der Waals surface area contributed by atoms with E-state index in [2.05, 4.69) is 15.9 Å². The topological polar surface area (TPSA) is 44.5 Å². The van der Waals surface area contributed by atoms with Gasteiger partial charge in [0.2, 0.25) is 0 Å². The third-order valence-electron chi connectivity index (χ3n) is 2.33. The predicted octanol–water partition coefficient (Wildman–Crippen LogP) is 4.25. The van der Waals surface area contributed by atoms with Gasteiger partial charge in [0.1, 0.15) is 0 Å². The average Bonchev–Trinajstić information content (AvgIpc) is 2.29. The third kappa shape index (κ3) is 5.79. The highest BCUT2D eigenvalue weighted by molar-refractivity contribution is 9.10. The fourth-order valence-electron chi connectivity index (χ4n) is 1.43. The summed E-state index contributed by atoms with van der Waals surface area (Å²) in [6, 6.07) is 3.47. The highest BCUT2D eigenvalue weighted by Crippen LogP contribution is 2.39. The summed E-state index contributed by atoms with van der Waals surface area (Å²) in [7, 11) is 0. The molecular weight excluding hydrogens is 378 g/mol. The first kappa shape index (κ1) is 18.1. The fraction of sp³-hybridized carbons (Fsp3) is 0.455. The molecule has 1 aromatic rings. The lowest BCUT2D eigenvalue weighted by atomic mass is 10.1. The quantitative estimate of drug-likeness (QED) is 0.736. The second-order valence-corrected chi connectivity index (χ2v) is 7.82. The molecule has 0 heterocycles. The van der Waals surface area contributed by atoms with Gasteiger partial charge in [0.25, 0.3) is 6.64 Å². The monoisotopic (exact) mass is 391 g/mol. The van der Waals surface area contributed by atoms with E-state index in [1.165, 1.54) is 6.07 Å². The molecule has 1 rings (SSSR count). The highest BCUT2D eigenvalue weighted by Gasteiger charge is 2.30. The summed E-state index contributed by atoms with van der Waals surface area (Å²) >= 11 is 8.06. The van der Waals surface area contributed by atoms with Crippen molar-refractivity contribution in [1.29, 1.82) is 0 Å². The number of halogens is 4. The van der Waals surface area contributed by atoms with E-state index in [0.29, 0.717) is 23.1 Å². The maximum absolute atomic E-state index is 12.5. The van der Waals surface area contributed by atoms with Gasteiger partial charge in [0, 0.05) is 4.47 Å². The number of rotatable bonds is 6. The van der Waals surface area contributed by atoms with Crippen LogP contribution in [0.25, 0.3) is 0 Å². The standard InChI is InChI=1S/C11H14BrF3NO2PS/c1-2-17-19(16,20)18-6-5-8-3-4-9(7-10(8)12)11(13,14)15/h3-4,7H,2,5-6H2,1H3,(H2,16,20). The Balaban J connectivity index is 2.64. The molecule has 0 saturated heterocycles. The largest absolute Gasteiger partial charge is 0.416 e. The Morgan fingerprint density at radius 1 is 1.35 bits per heavy atom. The Hall–Kier alpha value is 0.0200. The van der Waals surface area contributed by atoms with Crippen LogP contribution in [0.15, 0.2) is 22.7 Å². The van der Waals surface area contributed by atoms with Crippen LogP contribution < -0.4 is 5.50 Å². The maximum atomic E-state index is 12.5. The molecule has 1 atom stereocenters. The van der Waals surface area contributed by atoms with Gasteiger partial charge in [-0.1, -0.05) is 22.0 Å². The first-order chi connectivity index (χ1) is 9.15. The van der Waals surface area contributed by atoms with Crippen LogP contribution in [0.4, 0.5) is 13.2 Å². The SMILES string of the molecule is CCOP(N)(=S)OCCc1ccc(C(F)(F)F)cc1Br. The molecular formula is C11H14BrF3NO2PS. The summed E-state index contributed by atoms with van der Waals surface area (Å²) in [4.78, 5) is 0. The van der Waals surface area contributed by atoms with E-state index in [4.69, 9.17) is 26.4 Å². The van der Waals surface area contributed by atoms with Crippen molar-refractivity contribution in [3.63, 3.8) is 0 Å². The van der Waals surface area contributed by atoms with Gasteiger partial charge in [0.05, 0.1) is 18.8 Å². The van der Waals surface area contributed by atoms with Crippen LogP contribution >= 0.6 is 22.6 Å². The van der Waals surface area contributed by atoms with Crippen LogP contribution in [0.3, 0.4) is 0 Å². The number of benzene rings is 1. The number of nitrogens with two attached hydrogens (primary N) is 1. The maximum Gasteiger partial charge on any atom is 0.416 e. The molecule has 1 aromatic carbocycles. The van der Waals surface area contributed by atoms with Crippen molar-refractivity contribution in [2.45, 2.75) is 19.5 Å². The van der Waals surface area contributed by atoms with Crippen LogP contribution in [0.5, 0.6) is 0 Å². The minimum absolute atomic E-state index is 0.192. The minimum Gasteiger partial charge on any atom is -0.318 e. The first-order valence-corrected chi connectivity index (χ1v) is 9.19. The Labute approximate surface area is 129 Å². The third-order valence-corrected chi connectivity index (χ3v) is 4.86. The molecule has 0 amide bonds. The normalized spacial score (nSPS) is 15.1. The van der Waals surface area contributed by atoms with Crippen LogP contribution in [0.1, 0.15) is 18.1 Å². The predicted molar refractivity (Wildman–Crippen MR) is 78.9 cm³/mol. The van der Waals surface area contributed by atoms with Gasteiger partial charge in [-0.25, -0.2) is 0 Å². The summed E-state index contributed by atoms with van der Waals surface area (Å²) in [5, 5.41) is 0.